The molecule has 8 heteroatoms. The number of nitrogens with zero attached hydrogens (tertiary/aromatic N) is 2. The van der Waals surface area contributed by atoms with Crippen molar-refractivity contribution in [1.29, 1.82) is 0 Å². The van der Waals surface area contributed by atoms with E-state index in [-0.39, 0.29) is 25.5 Å². The Kier molecular flexibility index (Phi) is 8.00. The Hall–Kier alpha value is -3.39. The zero-order valence-corrected chi connectivity index (χ0v) is 17.4. The molecule has 1 aliphatic heterocycles. The highest BCUT2D eigenvalue weighted by Crippen LogP contribution is 2.16. The molecular weight excluding hydrogens is 400 g/mol. The lowest BCUT2D eigenvalue weighted by Gasteiger charge is -2.28. The molecule has 1 saturated heterocycles. The SMILES string of the molecule is COCC(=O)N1CCCN1C(=O)OC(Cc1ccccc1)C(=O)OCc1ccccc1. The average molecular weight is 426 g/mol. The zero-order chi connectivity index (χ0) is 22.1. The number of hydrazine groups is 1. The highest BCUT2D eigenvalue weighted by molar-refractivity contribution is 5.82. The molecule has 1 fully saturated rings. The molecular formula is C23H26N2O6. The number of carbonyl (C=O) groups is 3. The average Bonchev–Trinajstić information content (AvgIpc) is 3.29. The minimum atomic E-state index is -1.14. The molecule has 1 heterocycles. The predicted octanol–water partition coefficient (Wildman–Crippen LogP) is 2.57. The van der Waals surface area contributed by atoms with E-state index in [0.29, 0.717) is 19.5 Å². The summed E-state index contributed by atoms with van der Waals surface area (Å²) in [5.74, 6) is -0.988. The molecule has 0 radical (unpaired) electrons. The summed E-state index contributed by atoms with van der Waals surface area (Å²) in [4.78, 5) is 37.8. The van der Waals surface area contributed by atoms with Gasteiger partial charge in [0.2, 0.25) is 6.10 Å². The molecule has 31 heavy (non-hydrogen) atoms. The smallest absolute Gasteiger partial charge is 0.429 e. The summed E-state index contributed by atoms with van der Waals surface area (Å²) < 4.78 is 15.8. The summed E-state index contributed by atoms with van der Waals surface area (Å²) in [6.07, 6.45) is -1.12. The van der Waals surface area contributed by atoms with Crippen molar-refractivity contribution < 1.29 is 28.6 Å². The first-order valence-corrected chi connectivity index (χ1v) is 10.1. The van der Waals surface area contributed by atoms with Crippen LogP contribution in [0.3, 0.4) is 0 Å². The summed E-state index contributed by atoms with van der Waals surface area (Å²) in [5.41, 5.74) is 1.65. The number of amides is 2. The monoisotopic (exact) mass is 426 g/mol. The summed E-state index contributed by atoms with van der Waals surface area (Å²) in [6, 6.07) is 18.5. The topological polar surface area (TPSA) is 85.4 Å². The van der Waals surface area contributed by atoms with Gasteiger partial charge in [-0.2, -0.15) is 0 Å². The second kappa shape index (κ2) is 11.1. The molecule has 0 aromatic heterocycles. The number of esters is 1. The van der Waals surface area contributed by atoms with Crippen LogP contribution in [-0.4, -0.2) is 60.9 Å². The Morgan fingerprint density at radius 1 is 0.903 bits per heavy atom. The van der Waals surface area contributed by atoms with E-state index < -0.39 is 18.2 Å². The molecule has 1 aliphatic rings. The third kappa shape index (κ3) is 6.29. The van der Waals surface area contributed by atoms with E-state index in [4.69, 9.17) is 14.2 Å². The van der Waals surface area contributed by atoms with E-state index >= 15 is 0 Å². The maximum Gasteiger partial charge on any atom is 0.429 e. The van der Waals surface area contributed by atoms with Crippen molar-refractivity contribution in [3.8, 4) is 0 Å². The summed E-state index contributed by atoms with van der Waals surface area (Å²) in [5, 5.41) is 2.50. The number of hydrogen-bond donors (Lipinski definition) is 0. The van der Waals surface area contributed by atoms with Crippen LogP contribution in [0.15, 0.2) is 60.7 Å². The summed E-state index contributed by atoms with van der Waals surface area (Å²) in [7, 11) is 1.41. The van der Waals surface area contributed by atoms with Crippen molar-refractivity contribution in [1.82, 2.24) is 10.0 Å². The van der Waals surface area contributed by atoms with Gasteiger partial charge in [-0.3, -0.25) is 4.79 Å². The molecule has 2 aromatic carbocycles. The van der Waals surface area contributed by atoms with Crippen LogP contribution in [0.25, 0.3) is 0 Å². The normalized spacial score (nSPS) is 14.2. The van der Waals surface area contributed by atoms with Gasteiger partial charge in [-0.1, -0.05) is 60.7 Å². The van der Waals surface area contributed by atoms with Gasteiger partial charge in [-0.05, 0) is 17.5 Å². The molecule has 0 aliphatic carbocycles. The highest BCUT2D eigenvalue weighted by atomic mass is 16.6. The molecule has 1 unspecified atom stereocenters. The fraction of sp³-hybridized carbons (Fsp3) is 0.348. The Labute approximate surface area is 181 Å². The van der Waals surface area contributed by atoms with E-state index in [1.807, 2.05) is 60.7 Å². The Balaban J connectivity index is 1.68. The molecule has 2 amide bonds. The van der Waals surface area contributed by atoms with E-state index in [9.17, 15) is 14.4 Å². The molecule has 1 atom stereocenters. The van der Waals surface area contributed by atoms with Crippen molar-refractivity contribution in [2.24, 2.45) is 0 Å². The van der Waals surface area contributed by atoms with Gasteiger partial charge in [0.25, 0.3) is 5.91 Å². The maximum atomic E-state index is 12.8. The molecule has 164 valence electrons. The molecule has 8 nitrogen and oxygen atoms in total. The largest absolute Gasteiger partial charge is 0.458 e. The maximum absolute atomic E-state index is 12.8. The molecule has 0 N–H and O–H groups in total. The Bertz CT molecular complexity index is 874. The van der Waals surface area contributed by atoms with Gasteiger partial charge in [-0.15, -0.1) is 0 Å². The van der Waals surface area contributed by atoms with E-state index in [1.54, 1.807) is 0 Å². The first-order chi connectivity index (χ1) is 15.1. The molecule has 0 spiro atoms. The second-order valence-electron chi connectivity index (χ2n) is 7.08. The number of methoxy groups -OCH3 is 1. The first-order valence-electron chi connectivity index (χ1n) is 10.1. The fourth-order valence-corrected chi connectivity index (χ4v) is 3.26. The van der Waals surface area contributed by atoms with Crippen molar-refractivity contribution in [3.05, 3.63) is 71.8 Å². The lowest BCUT2D eigenvalue weighted by atomic mass is 10.1. The number of benzene rings is 2. The molecule has 0 bridgehead atoms. The van der Waals surface area contributed by atoms with Crippen LogP contribution in [0.5, 0.6) is 0 Å². The molecule has 3 rings (SSSR count). The third-order valence-electron chi connectivity index (χ3n) is 4.79. The second-order valence-corrected chi connectivity index (χ2v) is 7.08. The number of ether oxygens (including phenoxy) is 3. The van der Waals surface area contributed by atoms with E-state index in [1.165, 1.54) is 17.1 Å². The minimum Gasteiger partial charge on any atom is -0.458 e. The number of hydrogen-bond acceptors (Lipinski definition) is 6. The zero-order valence-electron chi connectivity index (χ0n) is 17.4. The number of rotatable bonds is 8. The van der Waals surface area contributed by atoms with Gasteiger partial charge in [0.15, 0.2) is 0 Å². The lowest BCUT2D eigenvalue weighted by Crippen LogP contribution is -2.48. The van der Waals surface area contributed by atoms with Crippen LogP contribution in [0.4, 0.5) is 4.79 Å². The van der Waals surface area contributed by atoms with E-state index in [2.05, 4.69) is 0 Å². The van der Waals surface area contributed by atoms with Crippen LogP contribution in [0.1, 0.15) is 17.5 Å². The lowest BCUT2D eigenvalue weighted by molar-refractivity contribution is -0.157. The van der Waals surface area contributed by atoms with Crippen LogP contribution < -0.4 is 0 Å². The quantitative estimate of drug-likeness (QED) is 0.603. The van der Waals surface area contributed by atoms with Crippen molar-refractivity contribution in [3.63, 3.8) is 0 Å². The van der Waals surface area contributed by atoms with Crippen LogP contribution in [0.2, 0.25) is 0 Å². The van der Waals surface area contributed by atoms with Gasteiger partial charge in [0, 0.05) is 26.6 Å². The molecule has 2 aromatic rings. The highest BCUT2D eigenvalue weighted by Gasteiger charge is 2.35. The van der Waals surface area contributed by atoms with Crippen molar-refractivity contribution >= 4 is 18.0 Å². The van der Waals surface area contributed by atoms with Crippen LogP contribution >= 0.6 is 0 Å². The first kappa shape index (κ1) is 22.3. The third-order valence-corrected chi connectivity index (χ3v) is 4.79. The Morgan fingerprint density at radius 3 is 2.16 bits per heavy atom. The van der Waals surface area contributed by atoms with Crippen molar-refractivity contribution in [2.75, 3.05) is 26.8 Å². The van der Waals surface area contributed by atoms with Crippen LogP contribution in [0, 0.1) is 0 Å². The summed E-state index contributed by atoms with van der Waals surface area (Å²) in [6.45, 7) is 0.644. The molecule has 0 saturated carbocycles. The minimum absolute atomic E-state index is 0.0741. The van der Waals surface area contributed by atoms with Gasteiger partial charge in [-0.25, -0.2) is 19.6 Å². The Morgan fingerprint density at radius 2 is 1.52 bits per heavy atom. The predicted molar refractivity (Wildman–Crippen MR) is 112 cm³/mol. The fourth-order valence-electron chi connectivity index (χ4n) is 3.26. The standard InChI is InChI=1S/C23H26N2O6/c1-29-17-21(26)24-13-8-14-25(24)23(28)31-20(15-18-9-4-2-5-10-18)22(27)30-16-19-11-6-3-7-12-19/h2-7,9-12,20H,8,13-17H2,1H3. The van der Waals surface area contributed by atoms with Crippen LogP contribution in [-0.2, 0) is 36.8 Å². The van der Waals surface area contributed by atoms with Gasteiger partial charge in [0.1, 0.15) is 13.2 Å². The van der Waals surface area contributed by atoms with Crippen molar-refractivity contribution in [2.45, 2.75) is 25.6 Å². The van der Waals surface area contributed by atoms with Gasteiger partial charge in [0.05, 0.1) is 0 Å². The van der Waals surface area contributed by atoms with Gasteiger partial charge >= 0.3 is 12.1 Å². The van der Waals surface area contributed by atoms with E-state index in [0.717, 1.165) is 11.1 Å². The number of carbonyl (C=O) groups excluding carboxylic acids is 3. The summed E-state index contributed by atoms with van der Waals surface area (Å²) >= 11 is 0. The van der Waals surface area contributed by atoms with Gasteiger partial charge < -0.3 is 14.2 Å².